The summed E-state index contributed by atoms with van der Waals surface area (Å²) in [7, 11) is 3.99. The molecule has 9 nitrogen and oxygen atoms in total. The van der Waals surface area contributed by atoms with Gasteiger partial charge in [0, 0.05) is 48.2 Å². The molecule has 0 fully saturated rings. The van der Waals surface area contributed by atoms with Crippen LogP contribution in [-0.4, -0.2) is 88.7 Å². The molecule has 0 aromatic rings. The Morgan fingerprint density at radius 1 is 0.592 bits per heavy atom. The molecule has 0 aliphatic rings. The largest absolute Gasteiger partial charge is 0.462 e. The van der Waals surface area contributed by atoms with E-state index in [1.807, 2.05) is 68.0 Å². The number of aliphatic hydroxyl groups is 2. The van der Waals surface area contributed by atoms with E-state index < -0.39 is 12.2 Å². The van der Waals surface area contributed by atoms with Gasteiger partial charge >= 0.3 is 11.9 Å². The Morgan fingerprint density at radius 2 is 0.939 bits per heavy atom. The van der Waals surface area contributed by atoms with Crippen molar-refractivity contribution in [3.63, 3.8) is 0 Å². The smallest absolute Gasteiger partial charge is 0.305 e. The molecule has 5 unspecified atom stereocenters. The lowest BCUT2D eigenvalue weighted by Gasteiger charge is -2.04. The van der Waals surface area contributed by atoms with E-state index in [0.29, 0.717) is 31.0 Å². The van der Waals surface area contributed by atoms with Crippen molar-refractivity contribution < 1.29 is 29.3 Å². The second-order valence-corrected chi connectivity index (χ2v) is 15.6. The summed E-state index contributed by atoms with van der Waals surface area (Å²) in [4.78, 5) is 21.7. The first-order valence-corrected chi connectivity index (χ1v) is 22.4. The quantitative estimate of drug-likeness (QED) is 0.0481. The molecule has 0 bridgehead atoms. The molecule has 0 radical (unpaired) electrons. The van der Waals surface area contributed by atoms with Gasteiger partial charge in [-0.05, 0) is 78.9 Å². The number of ether oxygens (including phenoxy) is 2. The number of thioether (sulfide) groups is 1. The Labute approximate surface area is 318 Å². The van der Waals surface area contributed by atoms with Crippen LogP contribution < -0.4 is 17.2 Å². The molecule has 5 atom stereocenters. The minimum absolute atomic E-state index is 0.161. The van der Waals surface area contributed by atoms with Crippen LogP contribution in [0.3, 0.4) is 0 Å². The third-order valence-corrected chi connectivity index (χ3v) is 8.83. The van der Waals surface area contributed by atoms with Crippen molar-refractivity contribution in [2.75, 3.05) is 36.2 Å². The first kappa shape index (κ1) is 63.8. The van der Waals surface area contributed by atoms with Gasteiger partial charge in [0.1, 0.15) is 13.2 Å². The fourth-order valence-corrected chi connectivity index (χ4v) is 4.79. The number of carbonyl (C=O) groups excluding carboxylic acids is 2. The molecule has 304 valence electrons. The summed E-state index contributed by atoms with van der Waals surface area (Å²) in [6, 6.07) is 1.15. The van der Waals surface area contributed by atoms with Gasteiger partial charge in [-0.2, -0.15) is 11.8 Å². The van der Waals surface area contributed by atoms with Gasteiger partial charge in [-0.15, -0.1) is 0 Å². The molecular weight excluding hydrogens is 679 g/mol. The van der Waals surface area contributed by atoms with Gasteiger partial charge in [-0.1, -0.05) is 96.7 Å². The maximum absolute atomic E-state index is 10.9. The Balaban J connectivity index is -0.0000000884. The Morgan fingerprint density at radius 3 is 1.08 bits per heavy atom. The van der Waals surface area contributed by atoms with Crippen LogP contribution in [0.5, 0.6) is 0 Å². The Hall–Kier alpha value is -0.210. The van der Waals surface area contributed by atoms with Crippen molar-refractivity contribution in [2.45, 2.75) is 191 Å². The maximum atomic E-state index is 10.9. The molecule has 0 aromatic heterocycles. The lowest BCUT2D eigenvalue weighted by Crippen LogP contribution is -2.17. The number of nitrogens with two attached hydrogens (primary N) is 3. The van der Waals surface area contributed by atoms with Crippen LogP contribution in [-0.2, 0) is 19.1 Å². The third-order valence-electron chi connectivity index (χ3n) is 4.85. The molecule has 8 N–H and O–H groups in total. The number of aliphatic hydroxyl groups excluding tert-OH is 2. The van der Waals surface area contributed by atoms with Crippen molar-refractivity contribution in [3.05, 3.63) is 0 Å². The van der Waals surface area contributed by atoms with Crippen molar-refractivity contribution in [1.82, 2.24) is 0 Å². The highest BCUT2D eigenvalue weighted by molar-refractivity contribution is 8.76. The standard InChI is InChI=1S/C10H18O4.C6H14S2.C5H13NS.C5H13N.C4H11N.C4H10O2.C3H8/c1-3-5-9(11)13-7-8-14-10(12)6-4-2;1-3-5-7-8-6-4-2;1-3-7-4-5(2)6;1-3-4-5(2)6;1-3-4(2)5;1-3(5)4(2)6;1-3-2/h3-8H2,1-2H3;3-6H2,1-2H3;5H,3-4,6H2,1-2H3;5H,3-4,6H2,1-2H3;4H,3,5H2,1-2H3;3-6H,1-2H3;3H2,1-2H3. The van der Waals surface area contributed by atoms with E-state index in [2.05, 4.69) is 48.5 Å². The van der Waals surface area contributed by atoms with Crippen LogP contribution in [0.2, 0.25) is 0 Å². The van der Waals surface area contributed by atoms with Gasteiger partial charge < -0.3 is 36.9 Å². The number of hydrogen-bond donors (Lipinski definition) is 5. The van der Waals surface area contributed by atoms with E-state index >= 15 is 0 Å². The summed E-state index contributed by atoms with van der Waals surface area (Å²) in [5.74, 6) is 4.42. The average Bonchev–Trinajstić information content (AvgIpc) is 3.02. The number of rotatable bonds is 19. The normalized spacial score (nSPS) is 12.5. The van der Waals surface area contributed by atoms with Crippen molar-refractivity contribution >= 4 is 45.3 Å². The summed E-state index contributed by atoms with van der Waals surface area (Å²) in [6.07, 6.45) is 8.50. The number of hydrogen-bond acceptors (Lipinski definition) is 12. The first-order chi connectivity index (χ1) is 23.0. The lowest BCUT2D eigenvalue weighted by molar-refractivity contribution is -0.152. The molecule has 0 heterocycles. The zero-order valence-electron chi connectivity index (χ0n) is 34.7. The Kier molecular flexibility index (Phi) is 78.0. The molecule has 0 aromatic carbocycles. The summed E-state index contributed by atoms with van der Waals surface area (Å²) in [5, 5.41) is 16.8. The van der Waals surface area contributed by atoms with Gasteiger partial charge in [-0.3, -0.25) is 9.59 Å². The first-order valence-electron chi connectivity index (χ1n) is 18.7. The highest BCUT2D eigenvalue weighted by Crippen LogP contribution is 2.21. The molecule has 12 heteroatoms. The molecule has 0 saturated carbocycles. The van der Waals surface area contributed by atoms with E-state index in [-0.39, 0.29) is 25.2 Å². The third kappa shape index (κ3) is 106. The van der Waals surface area contributed by atoms with Gasteiger partial charge in [0.2, 0.25) is 0 Å². The van der Waals surface area contributed by atoms with Crippen LogP contribution in [0.15, 0.2) is 0 Å². The zero-order chi connectivity index (χ0) is 39.9. The summed E-state index contributed by atoms with van der Waals surface area (Å²) >= 11 is 1.89. The monoisotopic (exact) mass is 766 g/mol. The van der Waals surface area contributed by atoms with E-state index in [1.54, 1.807) is 13.8 Å². The predicted molar refractivity (Wildman–Crippen MR) is 226 cm³/mol. The van der Waals surface area contributed by atoms with Crippen LogP contribution >= 0.6 is 33.3 Å². The molecule has 0 rings (SSSR count). The summed E-state index contributed by atoms with van der Waals surface area (Å²) < 4.78 is 9.59. The molecular formula is C37H87N3O6S3. The second-order valence-electron chi connectivity index (χ2n) is 11.6. The van der Waals surface area contributed by atoms with E-state index in [1.165, 1.54) is 42.9 Å². The van der Waals surface area contributed by atoms with Crippen LogP contribution in [0.4, 0.5) is 0 Å². The predicted octanol–water partition coefficient (Wildman–Crippen LogP) is 8.99. The Bertz CT molecular complexity index is 544. The number of esters is 2. The molecule has 0 amide bonds. The van der Waals surface area contributed by atoms with Gasteiger partial charge in [0.15, 0.2) is 0 Å². The van der Waals surface area contributed by atoms with Gasteiger partial charge in [0.25, 0.3) is 0 Å². The molecule has 0 spiro atoms. The van der Waals surface area contributed by atoms with Crippen molar-refractivity contribution in [2.24, 2.45) is 17.2 Å². The second kappa shape index (κ2) is 59.9. The zero-order valence-corrected chi connectivity index (χ0v) is 37.1. The highest BCUT2D eigenvalue weighted by atomic mass is 33.1. The fourth-order valence-electron chi connectivity index (χ4n) is 1.91. The molecule has 0 aliphatic heterocycles. The molecule has 0 saturated heterocycles. The molecule has 0 aliphatic carbocycles. The van der Waals surface area contributed by atoms with E-state index in [9.17, 15) is 9.59 Å². The summed E-state index contributed by atoms with van der Waals surface area (Å²) in [5.41, 5.74) is 16.2. The van der Waals surface area contributed by atoms with E-state index in [4.69, 9.17) is 36.9 Å². The van der Waals surface area contributed by atoms with Crippen molar-refractivity contribution in [1.29, 1.82) is 0 Å². The highest BCUT2D eigenvalue weighted by Gasteiger charge is 2.03. The van der Waals surface area contributed by atoms with Gasteiger partial charge in [-0.25, -0.2) is 0 Å². The molecule has 49 heavy (non-hydrogen) atoms. The summed E-state index contributed by atoms with van der Waals surface area (Å²) in [6.45, 7) is 28.3. The van der Waals surface area contributed by atoms with Crippen molar-refractivity contribution in [3.8, 4) is 0 Å². The van der Waals surface area contributed by atoms with Gasteiger partial charge in [0.05, 0.1) is 12.2 Å². The SMILES string of the molecule is CC(O)C(C)O.CCC.CCC(C)N.CCCC(=O)OCCOC(=O)CCC.CCCC(C)N.CCCSSCCC.CCSCC(C)N. The maximum Gasteiger partial charge on any atom is 0.305 e. The minimum atomic E-state index is -0.593. The minimum Gasteiger partial charge on any atom is -0.462 e. The average molecular weight is 766 g/mol. The lowest BCUT2D eigenvalue weighted by atomic mass is 10.2. The van der Waals surface area contributed by atoms with Crippen LogP contribution in [0.1, 0.15) is 161 Å². The topological polar surface area (TPSA) is 171 Å². The van der Waals surface area contributed by atoms with Crippen LogP contribution in [0, 0.1) is 0 Å². The van der Waals surface area contributed by atoms with E-state index in [0.717, 1.165) is 31.4 Å². The fraction of sp³-hybridized carbons (Fsp3) is 0.946. The number of carbonyl (C=O) groups is 2. The van der Waals surface area contributed by atoms with Crippen LogP contribution in [0.25, 0.3) is 0 Å².